The van der Waals surface area contributed by atoms with Gasteiger partial charge in [-0.3, -0.25) is 0 Å². The molecule has 1 aliphatic carbocycles. The molecule has 112 valence electrons. The van der Waals surface area contributed by atoms with Crippen LogP contribution in [0, 0.1) is 0 Å². The van der Waals surface area contributed by atoms with Crippen molar-refractivity contribution in [2.24, 2.45) is 0 Å². The zero-order valence-electron chi connectivity index (χ0n) is 13.2. The van der Waals surface area contributed by atoms with Gasteiger partial charge in [-0.05, 0) is 53.2 Å². The summed E-state index contributed by atoms with van der Waals surface area (Å²) in [5.41, 5.74) is 0. The summed E-state index contributed by atoms with van der Waals surface area (Å²) in [6.07, 6.45) is 9.84. The van der Waals surface area contributed by atoms with Crippen LogP contribution in [-0.4, -0.2) is 61.7 Å². The van der Waals surface area contributed by atoms with Crippen molar-refractivity contribution < 1.29 is 0 Å². The van der Waals surface area contributed by atoms with Gasteiger partial charge in [0, 0.05) is 31.2 Å². The summed E-state index contributed by atoms with van der Waals surface area (Å²) in [5, 5.41) is 3.78. The molecule has 2 fully saturated rings. The van der Waals surface area contributed by atoms with Crippen molar-refractivity contribution in [3.63, 3.8) is 0 Å². The zero-order valence-corrected chi connectivity index (χ0v) is 13.2. The van der Waals surface area contributed by atoms with Crippen LogP contribution in [0.5, 0.6) is 0 Å². The Balaban J connectivity index is 1.65. The minimum absolute atomic E-state index is 0.649. The molecule has 3 heteroatoms. The Hall–Kier alpha value is -0.120. The quantitative estimate of drug-likeness (QED) is 0.797. The predicted molar refractivity (Wildman–Crippen MR) is 82.6 cm³/mol. The molecule has 0 aromatic rings. The Kier molecular flexibility index (Phi) is 6.11. The van der Waals surface area contributed by atoms with E-state index < -0.39 is 0 Å². The van der Waals surface area contributed by atoms with Crippen LogP contribution >= 0.6 is 0 Å². The number of likely N-dealkylation sites (tertiary alicyclic amines) is 1. The summed E-state index contributed by atoms with van der Waals surface area (Å²) in [6.45, 7) is 6.03. The van der Waals surface area contributed by atoms with E-state index in [0.717, 1.165) is 18.6 Å². The van der Waals surface area contributed by atoms with Gasteiger partial charge in [0.25, 0.3) is 0 Å². The van der Waals surface area contributed by atoms with Crippen molar-refractivity contribution in [1.29, 1.82) is 0 Å². The number of nitrogens with zero attached hydrogens (tertiary/aromatic N) is 2. The molecule has 1 heterocycles. The first-order valence-electron chi connectivity index (χ1n) is 8.30. The smallest absolute Gasteiger partial charge is 0.0220 e. The molecule has 1 saturated heterocycles. The fourth-order valence-corrected chi connectivity index (χ4v) is 3.52. The second-order valence-corrected chi connectivity index (χ2v) is 6.81. The Labute approximate surface area is 119 Å². The van der Waals surface area contributed by atoms with E-state index in [-0.39, 0.29) is 0 Å². The Morgan fingerprint density at radius 2 is 1.89 bits per heavy atom. The van der Waals surface area contributed by atoms with E-state index in [9.17, 15) is 0 Å². The van der Waals surface area contributed by atoms with Crippen LogP contribution in [0.4, 0.5) is 0 Å². The van der Waals surface area contributed by atoms with Crippen LogP contribution in [0.25, 0.3) is 0 Å². The largest absolute Gasteiger partial charge is 0.312 e. The maximum Gasteiger partial charge on any atom is 0.0220 e. The van der Waals surface area contributed by atoms with Gasteiger partial charge in [-0.1, -0.05) is 19.3 Å². The first-order chi connectivity index (χ1) is 9.16. The minimum Gasteiger partial charge on any atom is -0.312 e. The SMILES string of the molecule is CC(CNC1CCCCC1)N(C)CC1CCCN1C. The topological polar surface area (TPSA) is 18.5 Å². The standard InChI is InChI=1S/C16H33N3/c1-14(12-17-15-8-5-4-6-9-15)19(3)13-16-10-7-11-18(16)2/h14-17H,4-13H2,1-3H3. The van der Waals surface area contributed by atoms with Gasteiger partial charge >= 0.3 is 0 Å². The first kappa shape index (κ1) is 15.3. The molecule has 0 aromatic carbocycles. The summed E-state index contributed by atoms with van der Waals surface area (Å²) < 4.78 is 0. The van der Waals surface area contributed by atoms with Crippen LogP contribution in [0.1, 0.15) is 51.9 Å². The molecule has 0 bridgehead atoms. The van der Waals surface area contributed by atoms with E-state index in [1.54, 1.807) is 0 Å². The van der Waals surface area contributed by atoms with Crippen molar-refractivity contribution in [2.45, 2.75) is 70.0 Å². The van der Waals surface area contributed by atoms with Crippen LogP contribution in [-0.2, 0) is 0 Å². The lowest BCUT2D eigenvalue weighted by atomic mass is 9.95. The maximum atomic E-state index is 3.78. The van der Waals surface area contributed by atoms with Gasteiger partial charge in [0.05, 0.1) is 0 Å². The highest BCUT2D eigenvalue weighted by Gasteiger charge is 2.24. The molecule has 1 aliphatic heterocycles. The van der Waals surface area contributed by atoms with E-state index in [4.69, 9.17) is 0 Å². The third kappa shape index (κ3) is 4.73. The fourth-order valence-electron chi connectivity index (χ4n) is 3.52. The van der Waals surface area contributed by atoms with Gasteiger partial charge in [-0.2, -0.15) is 0 Å². The first-order valence-corrected chi connectivity index (χ1v) is 8.30. The second kappa shape index (κ2) is 7.61. The second-order valence-electron chi connectivity index (χ2n) is 6.81. The van der Waals surface area contributed by atoms with Gasteiger partial charge < -0.3 is 15.1 Å². The molecule has 0 amide bonds. The Bertz CT molecular complexity index is 250. The Morgan fingerprint density at radius 1 is 1.16 bits per heavy atom. The summed E-state index contributed by atoms with van der Waals surface area (Å²) in [7, 11) is 4.57. The summed E-state index contributed by atoms with van der Waals surface area (Å²) in [5.74, 6) is 0. The zero-order chi connectivity index (χ0) is 13.7. The molecule has 0 radical (unpaired) electrons. The molecule has 2 rings (SSSR count). The highest BCUT2D eigenvalue weighted by atomic mass is 15.2. The normalized spacial score (nSPS) is 28.1. The van der Waals surface area contributed by atoms with Crippen molar-refractivity contribution in [2.75, 3.05) is 33.7 Å². The minimum atomic E-state index is 0.649. The van der Waals surface area contributed by atoms with Crippen molar-refractivity contribution in [1.82, 2.24) is 15.1 Å². The number of nitrogens with one attached hydrogen (secondary N) is 1. The molecule has 2 unspecified atom stereocenters. The predicted octanol–water partition coefficient (Wildman–Crippen LogP) is 2.32. The average molecular weight is 267 g/mol. The van der Waals surface area contributed by atoms with Crippen molar-refractivity contribution in [3.8, 4) is 0 Å². The molecule has 3 nitrogen and oxygen atoms in total. The van der Waals surface area contributed by atoms with Gasteiger partial charge in [0.15, 0.2) is 0 Å². The lowest BCUT2D eigenvalue weighted by Crippen LogP contribution is -2.46. The van der Waals surface area contributed by atoms with Crippen LogP contribution in [0.2, 0.25) is 0 Å². The van der Waals surface area contributed by atoms with E-state index in [2.05, 4.69) is 36.1 Å². The molecule has 2 aliphatic rings. The van der Waals surface area contributed by atoms with Gasteiger partial charge in [-0.15, -0.1) is 0 Å². The Morgan fingerprint density at radius 3 is 2.53 bits per heavy atom. The van der Waals surface area contributed by atoms with E-state index in [1.165, 1.54) is 58.0 Å². The summed E-state index contributed by atoms with van der Waals surface area (Å²) in [4.78, 5) is 5.07. The van der Waals surface area contributed by atoms with Gasteiger partial charge in [-0.25, -0.2) is 0 Å². The number of hydrogen-bond acceptors (Lipinski definition) is 3. The molecule has 0 spiro atoms. The lowest BCUT2D eigenvalue weighted by Gasteiger charge is -2.32. The third-order valence-electron chi connectivity index (χ3n) is 5.23. The van der Waals surface area contributed by atoms with Crippen molar-refractivity contribution >= 4 is 0 Å². The van der Waals surface area contributed by atoms with Gasteiger partial charge in [0.1, 0.15) is 0 Å². The highest BCUT2D eigenvalue weighted by Crippen LogP contribution is 2.18. The molecule has 1 N–H and O–H groups in total. The molecule has 2 atom stereocenters. The third-order valence-corrected chi connectivity index (χ3v) is 5.23. The van der Waals surface area contributed by atoms with Crippen molar-refractivity contribution in [3.05, 3.63) is 0 Å². The summed E-state index contributed by atoms with van der Waals surface area (Å²) >= 11 is 0. The van der Waals surface area contributed by atoms with E-state index in [1.807, 2.05) is 0 Å². The fraction of sp³-hybridized carbons (Fsp3) is 1.00. The molecular formula is C16H33N3. The monoisotopic (exact) mass is 267 g/mol. The number of likely N-dealkylation sites (N-methyl/N-ethyl adjacent to an activating group) is 2. The average Bonchev–Trinajstić information content (AvgIpc) is 2.82. The molecule has 0 aromatic heterocycles. The molecule has 1 saturated carbocycles. The van der Waals surface area contributed by atoms with Gasteiger partial charge in [0.2, 0.25) is 0 Å². The van der Waals surface area contributed by atoms with E-state index >= 15 is 0 Å². The summed E-state index contributed by atoms with van der Waals surface area (Å²) in [6, 6.07) is 2.22. The van der Waals surface area contributed by atoms with Crippen LogP contribution in [0.3, 0.4) is 0 Å². The van der Waals surface area contributed by atoms with Crippen LogP contribution < -0.4 is 5.32 Å². The molecular weight excluding hydrogens is 234 g/mol. The highest BCUT2D eigenvalue weighted by molar-refractivity contribution is 4.81. The molecule has 19 heavy (non-hydrogen) atoms. The number of rotatable bonds is 6. The lowest BCUT2D eigenvalue weighted by molar-refractivity contribution is 0.177. The van der Waals surface area contributed by atoms with Crippen LogP contribution in [0.15, 0.2) is 0 Å². The number of hydrogen-bond donors (Lipinski definition) is 1. The maximum absolute atomic E-state index is 3.78. The van der Waals surface area contributed by atoms with E-state index in [0.29, 0.717) is 6.04 Å².